The number of ether oxygens (including phenoxy) is 4. The minimum absolute atomic E-state index is 0.0579. The van der Waals surface area contributed by atoms with Gasteiger partial charge in [-0.25, -0.2) is 24.9 Å². The number of aromatic nitrogens is 9. The summed E-state index contributed by atoms with van der Waals surface area (Å²) in [6.45, 7) is 16.2. The average Bonchev–Trinajstić information content (AvgIpc) is 1.61. The summed E-state index contributed by atoms with van der Waals surface area (Å²) < 4.78 is 29.2. The number of nitrogens with zero attached hydrogens (tertiary/aromatic N) is 8. The maximum Gasteiger partial charge on any atom is 0.410 e. The number of anilines is 3. The van der Waals surface area contributed by atoms with Crippen LogP contribution in [0.1, 0.15) is 77.4 Å². The Morgan fingerprint density at radius 2 is 0.811 bits per heavy atom. The average molecular weight is 1430 g/mol. The molecule has 26 nitrogen and oxygen atoms in total. The summed E-state index contributed by atoms with van der Waals surface area (Å²) in [4.78, 5) is 76.2. The summed E-state index contributed by atoms with van der Waals surface area (Å²) in [5.41, 5.74) is 24.0. The Balaban J connectivity index is 0.000000145. The molecule has 6 aromatic carbocycles. The van der Waals surface area contributed by atoms with E-state index in [2.05, 4.69) is 53.6 Å². The number of carbonyl (C=O) groups excluding carboxylic acids is 2. The Hall–Kier alpha value is -13.0. The van der Waals surface area contributed by atoms with Gasteiger partial charge in [0.15, 0.2) is 17.5 Å². The third kappa shape index (κ3) is 16.9. The second kappa shape index (κ2) is 32.6. The van der Waals surface area contributed by atoms with Gasteiger partial charge in [-0.1, -0.05) is 104 Å². The third-order valence-electron chi connectivity index (χ3n) is 18.3. The topological polar surface area (TPSA) is 357 Å². The van der Waals surface area contributed by atoms with Gasteiger partial charge in [0.1, 0.15) is 56.6 Å². The maximum absolute atomic E-state index is 13.0. The van der Waals surface area contributed by atoms with Gasteiger partial charge in [-0.15, -0.1) is 0 Å². The summed E-state index contributed by atoms with van der Waals surface area (Å²) in [5, 5.41) is 32.5. The van der Waals surface area contributed by atoms with Gasteiger partial charge in [-0.3, -0.25) is 19.2 Å². The van der Waals surface area contributed by atoms with Crippen molar-refractivity contribution in [3.05, 3.63) is 239 Å². The molecule has 3 aliphatic rings. The number of benzene rings is 6. The van der Waals surface area contributed by atoms with E-state index in [1.54, 1.807) is 9.80 Å². The van der Waals surface area contributed by atoms with Crippen LogP contribution >= 0.6 is 0 Å². The summed E-state index contributed by atoms with van der Waals surface area (Å²) in [6.07, 6.45) is 13.1. The number of aliphatic carboxylic acids is 1. The molecule has 0 spiro atoms. The number of aromatic amines is 3. The monoisotopic (exact) mass is 1430 g/mol. The number of fused-ring (bicyclic) bond motifs is 3. The Morgan fingerprint density at radius 1 is 0.481 bits per heavy atom. The van der Waals surface area contributed by atoms with Gasteiger partial charge in [0.2, 0.25) is 5.91 Å². The number of nitrogens with two attached hydrogens (primary N) is 3. The van der Waals surface area contributed by atoms with E-state index in [-0.39, 0.29) is 58.4 Å². The number of piperidine rings is 3. The van der Waals surface area contributed by atoms with E-state index in [4.69, 9.17) is 41.3 Å². The molecule has 15 rings (SSSR count). The van der Waals surface area contributed by atoms with Gasteiger partial charge >= 0.3 is 12.1 Å². The molecule has 12 aromatic rings. The van der Waals surface area contributed by atoms with Crippen LogP contribution in [0.4, 0.5) is 22.2 Å². The SMILES string of the molecule is C=CC(=O)N1CCC[C@@H](n2cc(-c3ccc(Oc4ccccc4)cc3)c3c(N)n[nH]c(=O)c32)C1.C=CC(=O)O.CC(C)(C)OC(=O)N1CCC[C@@H](n2cc(-c3ccc(Oc4ccccc4)cc3)c3c(N)n[nH]c(=O)c32)C1.Nc1n[nH]c(=O)c2c1c(-c1ccc(Oc3ccccc3)cc1)cn2[C@@H]1CCCNC1. The van der Waals surface area contributed by atoms with E-state index in [0.29, 0.717) is 76.2 Å². The second-order valence-corrected chi connectivity index (χ2v) is 26.7. The van der Waals surface area contributed by atoms with Crippen LogP contribution in [0.25, 0.3) is 66.1 Å². The van der Waals surface area contributed by atoms with Crippen LogP contribution in [0.5, 0.6) is 34.5 Å². The van der Waals surface area contributed by atoms with Crippen molar-refractivity contribution in [1.82, 2.24) is 59.4 Å². The number of hydrogen-bond acceptors (Lipinski definition) is 17. The minimum Gasteiger partial charge on any atom is -0.478 e. The van der Waals surface area contributed by atoms with Crippen molar-refractivity contribution < 1.29 is 38.4 Å². The summed E-state index contributed by atoms with van der Waals surface area (Å²) in [6, 6.07) is 51.9. The van der Waals surface area contributed by atoms with Gasteiger partial charge in [-0.05, 0) is 161 Å². The van der Waals surface area contributed by atoms with E-state index in [1.807, 2.05) is 212 Å². The molecule has 544 valence electrons. The fraction of sp³-hybridized carbons (Fsp3) is 0.237. The van der Waals surface area contributed by atoms with Gasteiger partial charge in [0.05, 0.1) is 28.2 Å². The number of amides is 2. The highest BCUT2D eigenvalue weighted by Crippen LogP contribution is 2.41. The van der Waals surface area contributed by atoms with Gasteiger partial charge in [0.25, 0.3) is 16.7 Å². The highest BCUT2D eigenvalue weighted by Gasteiger charge is 2.32. The molecule has 11 N–H and O–H groups in total. The zero-order valence-electron chi connectivity index (χ0n) is 58.9. The van der Waals surface area contributed by atoms with Crippen molar-refractivity contribution in [3.8, 4) is 67.9 Å². The van der Waals surface area contributed by atoms with E-state index >= 15 is 0 Å². The number of likely N-dealkylation sites (tertiary alicyclic amines) is 2. The fourth-order valence-electron chi connectivity index (χ4n) is 13.5. The Kier molecular flexibility index (Phi) is 22.4. The predicted molar refractivity (Wildman–Crippen MR) is 410 cm³/mol. The molecule has 3 aliphatic heterocycles. The number of para-hydroxylation sites is 3. The van der Waals surface area contributed by atoms with Crippen molar-refractivity contribution in [2.45, 2.75) is 83.0 Å². The first kappa shape index (κ1) is 72.8. The zero-order valence-corrected chi connectivity index (χ0v) is 58.9. The molecule has 2 amide bonds. The van der Waals surface area contributed by atoms with Crippen molar-refractivity contribution in [1.29, 1.82) is 0 Å². The van der Waals surface area contributed by atoms with Gasteiger partial charge in [0, 0.05) is 80.1 Å². The van der Waals surface area contributed by atoms with Crippen molar-refractivity contribution in [2.24, 2.45) is 0 Å². The fourth-order valence-corrected chi connectivity index (χ4v) is 13.5. The second-order valence-electron chi connectivity index (χ2n) is 26.7. The molecule has 3 fully saturated rings. The van der Waals surface area contributed by atoms with Crippen LogP contribution < -0.4 is 53.4 Å². The molecule has 6 aromatic heterocycles. The van der Waals surface area contributed by atoms with E-state index in [1.165, 1.54) is 6.08 Å². The zero-order chi connectivity index (χ0) is 74.6. The Morgan fingerprint density at radius 3 is 1.14 bits per heavy atom. The highest BCUT2D eigenvalue weighted by atomic mass is 16.6. The number of rotatable bonds is 14. The van der Waals surface area contributed by atoms with E-state index < -0.39 is 11.6 Å². The number of carboxylic acids is 1. The first-order valence-corrected chi connectivity index (χ1v) is 34.8. The number of nitrogen functional groups attached to an aromatic ring is 3. The smallest absolute Gasteiger partial charge is 0.410 e. The lowest BCUT2D eigenvalue weighted by Crippen LogP contribution is -2.43. The highest BCUT2D eigenvalue weighted by molar-refractivity contribution is 6.04. The first-order chi connectivity index (χ1) is 51.2. The van der Waals surface area contributed by atoms with Crippen LogP contribution in [0.2, 0.25) is 0 Å². The lowest BCUT2D eigenvalue weighted by molar-refractivity contribution is -0.131. The van der Waals surface area contributed by atoms with Crippen LogP contribution in [0, 0.1) is 0 Å². The summed E-state index contributed by atoms with van der Waals surface area (Å²) >= 11 is 0. The molecule has 3 saturated heterocycles. The largest absolute Gasteiger partial charge is 0.478 e. The quantitative estimate of drug-likeness (QED) is 0.0469. The third-order valence-corrected chi connectivity index (χ3v) is 18.3. The number of nitrogens with one attached hydrogen (secondary N) is 4. The molecule has 9 heterocycles. The molecule has 106 heavy (non-hydrogen) atoms. The van der Waals surface area contributed by atoms with E-state index in [9.17, 15) is 28.8 Å². The molecular weight excluding hydrogens is 1350 g/mol. The summed E-state index contributed by atoms with van der Waals surface area (Å²) in [7, 11) is 0. The minimum atomic E-state index is -0.981. The van der Waals surface area contributed by atoms with Crippen molar-refractivity contribution in [2.75, 3.05) is 56.5 Å². The molecule has 3 atom stereocenters. The lowest BCUT2D eigenvalue weighted by atomic mass is 10.1. The summed E-state index contributed by atoms with van der Waals surface area (Å²) in [5.74, 6) is 4.16. The van der Waals surface area contributed by atoms with Crippen molar-refractivity contribution in [3.63, 3.8) is 0 Å². The normalized spacial score (nSPS) is 15.7. The number of carbonyl (C=O) groups is 3. The van der Waals surface area contributed by atoms with Crippen LogP contribution in [0.15, 0.2) is 222 Å². The molecule has 26 heteroatoms. The first-order valence-electron chi connectivity index (χ1n) is 34.8. The Labute approximate surface area is 609 Å². The maximum atomic E-state index is 13.0. The molecule has 0 bridgehead atoms. The van der Waals surface area contributed by atoms with Gasteiger partial charge in [-0.2, -0.15) is 15.3 Å². The number of H-pyrrole nitrogens is 3. The van der Waals surface area contributed by atoms with Gasteiger partial charge < -0.3 is 70.1 Å². The standard InChI is InChI=1S/C28H31N5O4.C26H25N5O3.C23H23N5O2.C3H4O2/c1-28(2,3)37-27(35)32-15-7-8-19(16-32)33-17-22(23-24(33)26(34)31-30-25(23)29)18-11-13-21(14-12-18)36-20-9-5-4-6-10-20;1-2-22(32)30-14-6-7-18(15-30)31-16-21(23-24(31)26(33)29-28-25(23)27)17-10-12-20(13-11-17)34-19-8-4-3-5-9-19;24-22-20-19(15-8-10-18(11-9-15)30-17-6-2-1-3-7-17)14-28(16-5-4-12-25-13-16)21(20)23(29)27-26-22;1-2-3(4)5/h4-6,9-14,17,19H,7-8,15-16H2,1-3H3,(H2,29,30)(H,31,34);2-5,8-13,16,18H,1,6-7,14-15H2,(H2,27,28)(H,29,33);1-3,6-11,14,16,25H,4-5,12-13H2,(H2,24,26)(H,27,29);2H,1H2,(H,4,5)/t19-;18-;16-;/m111./s1. The van der Waals surface area contributed by atoms with E-state index in [0.717, 1.165) is 114 Å². The predicted octanol–water partition coefficient (Wildman–Crippen LogP) is 13.4. The van der Waals surface area contributed by atoms with Crippen molar-refractivity contribution >= 4 is 68.1 Å². The molecular formula is C80H83N15O11. The number of hydrogen-bond donors (Lipinski definition) is 8. The lowest BCUT2D eigenvalue weighted by Gasteiger charge is -2.35. The Bertz CT molecular complexity index is 5290. The molecule has 0 saturated carbocycles. The van der Waals surface area contributed by atoms with Crippen LogP contribution in [0.3, 0.4) is 0 Å². The molecule has 0 radical (unpaired) electrons. The molecule has 0 unspecified atom stereocenters. The number of carboxylic acid groups (broad SMARTS) is 1. The van der Waals surface area contributed by atoms with Crippen LogP contribution in [-0.4, -0.2) is 122 Å². The molecule has 0 aliphatic carbocycles. The van der Waals surface area contributed by atoms with Crippen LogP contribution in [-0.2, 0) is 14.3 Å².